The van der Waals surface area contributed by atoms with E-state index in [0.29, 0.717) is 14.9 Å². The van der Waals surface area contributed by atoms with Gasteiger partial charge in [0.05, 0.1) is 15.6 Å². The Morgan fingerprint density at radius 1 is 1.11 bits per heavy atom. The summed E-state index contributed by atoms with van der Waals surface area (Å²) in [6.45, 7) is 1.92. The molecular formula is C14H10Cl2O2S. The molecule has 98 valence electrons. The Bertz CT molecular complexity index is 641. The van der Waals surface area contributed by atoms with Crippen molar-refractivity contribution in [1.29, 1.82) is 0 Å². The van der Waals surface area contributed by atoms with Gasteiger partial charge in [-0.3, -0.25) is 0 Å². The summed E-state index contributed by atoms with van der Waals surface area (Å²) in [5, 5.41) is 10.1. The molecule has 2 nitrogen and oxygen atoms in total. The Morgan fingerprint density at radius 3 is 2.47 bits per heavy atom. The van der Waals surface area contributed by atoms with Gasteiger partial charge in [-0.05, 0) is 42.8 Å². The van der Waals surface area contributed by atoms with E-state index in [1.165, 1.54) is 11.8 Å². The van der Waals surface area contributed by atoms with E-state index in [4.69, 9.17) is 23.2 Å². The molecule has 0 aromatic heterocycles. The van der Waals surface area contributed by atoms with E-state index < -0.39 is 5.97 Å². The normalized spacial score (nSPS) is 10.5. The summed E-state index contributed by atoms with van der Waals surface area (Å²) >= 11 is 13.2. The van der Waals surface area contributed by atoms with Gasteiger partial charge >= 0.3 is 5.97 Å². The van der Waals surface area contributed by atoms with Gasteiger partial charge in [0, 0.05) is 9.79 Å². The molecule has 2 rings (SSSR count). The second-order valence-electron chi connectivity index (χ2n) is 3.98. The van der Waals surface area contributed by atoms with E-state index in [2.05, 4.69) is 0 Å². The van der Waals surface area contributed by atoms with Crippen molar-refractivity contribution in [3.8, 4) is 0 Å². The lowest BCUT2D eigenvalue weighted by Crippen LogP contribution is -1.98. The van der Waals surface area contributed by atoms with Crippen molar-refractivity contribution in [3.63, 3.8) is 0 Å². The lowest BCUT2D eigenvalue weighted by atomic mass is 10.1. The number of aromatic carboxylic acids is 1. The highest BCUT2D eigenvalue weighted by atomic mass is 35.5. The Morgan fingerprint density at radius 2 is 1.84 bits per heavy atom. The minimum Gasteiger partial charge on any atom is -0.478 e. The van der Waals surface area contributed by atoms with Crippen molar-refractivity contribution in [1.82, 2.24) is 0 Å². The number of rotatable bonds is 3. The van der Waals surface area contributed by atoms with Crippen LogP contribution in [0, 0.1) is 6.92 Å². The van der Waals surface area contributed by atoms with Crippen LogP contribution in [0.25, 0.3) is 0 Å². The van der Waals surface area contributed by atoms with E-state index >= 15 is 0 Å². The first kappa shape index (κ1) is 14.3. The number of halogens is 2. The number of hydrogen-bond donors (Lipinski definition) is 1. The van der Waals surface area contributed by atoms with Gasteiger partial charge in [-0.2, -0.15) is 0 Å². The zero-order chi connectivity index (χ0) is 14.0. The van der Waals surface area contributed by atoms with Crippen LogP contribution in [0.1, 0.15) is 15.9 Å². The summed E-state index contributed by atoms with van der Waals surface area (Å²) in [5.41, 5.74) is 1.29. The lowest BCUT2D eigenvalue weighted by molar-refractivity contribution is 0.0693. The fourth-order valence-electron chi connectivity index (χ4n) is 1.56. The molecule has 5 heteroatoms. The van der Waals surface area contributed by atoms with Gasteiger partial charge in [0.25, 0.3) is 0 Å². The molecule has 0 aliphatic rings. The van der Waals surface area contributed by atoms with Crippen molar-refractivity contribution in [2.45, 2.75) is 16.7 Å². The Labute approximate surface area is 125 Å². The molecule has 0 amide bonds. The third-order valence-corrected chi connectivity index (χ3v) is 4.27. The smallest absolute Gasteiger partial charge is 0.336 e. The topological polar surface area (TPSA) is 37.3 Å². The molecule has 2 aromatic carbocycles. The van der Waals surface area contributed by atoms with Crippen molar-refractivity contribution in [3.05, 3.63) is 57.6 Å². The van der Waals surface area contributed by atoms with Crippen LogP contribution in [-0.4, -0.2) is 11.1 Å². The van der Waals surface area contributed by atoms with Crippen molar-refractivity contribution in [2.24, 2.45) is 0 Å². The van der Waals surface area contributed by atoms with Crippen LogP contribution in [-0.2, 0) is 0 Å². The SMILES string of the molecule is Cc1ccc(C(=O)O)c(Sc2ccc(Cl)c(Cl)c2)c1. The van der Waals surface area contributed by atoms with E-state index in [1.807, 2.05) is 19.1 Å². The summed E-state index contributed by atoms with van der Waals surface area (Å²) in [5.74, 6) is -0.942. The summed E-state index contributed by atoms with van der Waals surface area (Å²) in [6.07, 6.45) is 0. The van der Waals surface area contributed by atoms with Crippen LogP contribution in [0.5, 0.6) is 0 Å². The fourth-order valence-corrected chi connectivity index (χ4v) is 3.00. The maximum absolute atomic E-state index is 11.2. The van der Waals surface area contributed by atoms with Gasteiger partial charge in [0.15, 0.2) is 0 Å². The molecule has 19 heavy (non-hydrogen) atoms. The predicted molar refractivity (Wildman–Crippen MR) is 78.7 cm³/mol. The first-order valence-electron chi connectivity index (χ1n) is 5.44. The molecule has 0 fully saturated rings. The van der Waals surface area contributed by atoms with Gasteiger partial charge in [-0.15, -0.1) is 0 Å². The Kier molecular flexibility index (Phi) is 4.40. The highest BCUT2D eigenvalue weighted by Crippen LogP contribution is 2.34. The largest absolute Gasteiger partial charge is 0.478 e. The average molecular weight is 313 g/mol. The van der Waals surface area contributed by atoms with Crippen molar-refractivity contribution < 1.29 is 9.90 Å². The number of carbonyl (C=O) groups is 1. The molecule has 1 N–H and O–H groups in total. The van der Waals surface area contributed by atoms with Gasteiger partial charge in [0.1, 0.15) is 0 Å². The molecule has 0 heterocycles. The number of carboxylic acids is 1. The van der Waals surface area contributed by atoms with Crippen LogP contribution in [0.4, 0.5) is 0 Å². The minimum atomic E-state index is -0.942. The molecule has 2 aromatic rings. The standard InChI is InChI=1S/C14H10Cl2O2S/c1-8-2-4-10(14(17)18)13(6-8)19-9-3-5-11(15)12(16)7-9/h2-7H,1H3,(H,17,18). The molecule has 0 atom stereocenters. The summed E-state index contributed by atoms with van der Waals surface area (Å²) in [6, 6.07) is 10.5. The molecule has 0 saturated heterocycles. The number of hydrogen-bond acceptors (Lipinski definition) is 2. The number of benzene rings is 2. The van der Waals surface area contributed by atoms with Gasteiger partial charge < -0.3 is 5.11 Å². The first-order chi connectivity index (χ1) is 8.97. The predicted octanol–water partition coefficient (Wildman–Crippen LogP) is 5.15. The maximum Gasteiger partial charge on any atom is 0.336 e. The maximum atomic E-state index is 11.2. The van der Waals surface area contributed by atoms with E-state index in [-0.39, 0.29) is 5.56 Å². The second-order valence-corrected chi connectivity index (χ2v) is 5.91. The van der Waals surface area contributed by atoms with Crippen LogP contribution in [0.15, 0.2) is 46.2 Å². The minimum absolute atomic E-state index is 0.279. The third kappa shape index (κ3) is 3.44. The summed E-state index contributed by atoms with van der Waals surface area (Å²) in [7, 11) is 0. The average Bonchev–Trinajstić information content (AvgIpc) is 2.33. The molecule has 0 radical (unpaired) electrons. The molecular weight excluding hydrogens is 303 g/mol. The number of aryl methyl sites for hydroxylation is 1. The quantitative estimate of drug-likeness (QED) is 0.851. The molecule has 0 unspecified atom stereocenters. The van der Waals surface area contributed by atoms with Crippen LogP contribution in [0.2, 0.25) is 10.0 Å². The molecule has 0 bridgehead atoms. The van der Waals surface area contributed by atoms with Crippen molar-refractivity contribution >= 4 is 40.9 Å². The molecule has 0 aliphatic carbocycles. The van der Waals surface area contributed by atoms with Gasteiger partial charge in [-0.25, -0.2) is 4.79 Å². The highest BCUT2D eigenvalue weighted by Gasteiger charge is 2.12. The molecule has 0 spiro atoms. The monoisotopic (exact) mass is 312 g/mol. The summed E-state index contributed by atoms with van der Waals surface area (Å²) in [4.78, 5) is 12.7. The molecule has 0 aliphatic heterocycles. The van der Waals surface area contributed by atoms with E-state index in [0.717, 1.165) is 10.5 Å². The Balaban J connectivity index is 2.39. The van der Waals surface area contributed by atoms with E-state index in [9.17, 15) is 9.90 Å². The molecule has 0 saturated carbocycles. The van der Waals surface area contributed by atoms with Crippen LogP contribution in [0.3, 0.4) is 0 Å². The number of carboxylic acid groups (broad SMARTS) is 1. The zero-order valence-electron chi connectivity index (χ0n) is 9.98. The fraction of sp³-hybridized carbons (Fsp3) is 0.0714. The van der Waals surface area contributed by atoms with Crippen molar-refractivity contribution in [2.75, 3.05) is 0 Å². The summed E-state index contributed by atoms with van der Waals surface area (Å²) < 4.78 is 0. The van der Waals surface area contributed by atoms with E-state index in [1.54, 1.807) is 24.3 Å². The zero-order valence-corrected chi connectivity index (χ0v) is 12.3. The van der Waals surface area contributed by atoms with Gasteiger partial charge in [0.2, 0.25) is 0 Å². The third-order valence-electron chi connectivity index (χ3n) is 2.49. The van der Waals surface area contributed by atoms with Gasteiger partial charge in [-0.1, -0.05) is 41.0 Å². The second kappa shape index (κ2) is 5.87. The Hall–Kier alpha value is -1.16. The van der Waals surface area contributed by atoms with Crippen LogP contribution >= 0.6 is 35.0 Å². The van der Waals surface area contributed by atoms with Crippen LogP contribution < -0.4 is 0 Å². The first-order valence-corrected chi connectivity index (χ1v) is 7.01. The lowest BCUT2D eigenvalue weighted by Gasteiger charge is -2.08. The highest BCUT2D eigenvalue weighted by molar-refractivity contribution is 7.99.